The average molecular weight is 290 g/mol. The summed E-state index contributed by atoms with van der Waals surface area (Å²) in [6.07, 6.45) is 1.40. The molecule has 0 aliphatic carbocycles. The third kappa shape index (κ3) is 6.54. The van der Waals surface area contributed by atoms with Gasteiger partial charge in [0.1, 0.15) is 0 Å². The van der Waals surface area contributed by atoms with Crippen LogP contribution in [0.4, 0.5) is 0 Å². The highest BCUT2D eigenvalue weighted by Gasteiger charge is 2.39. The molecule has 4 nitrogen and oxygen atoms in total. The maximum atomic E-state index is 10.5. The molecule has 0 saturated heterocycles. The highest BCUT2D eigenvalue weighted by Crippen LogP contribution is 2.38. The Labute approximate surface area is 118 Å². The molecule has 19 heavy (non-hydrogen) atoms. The molecule has 114 valence electrons. The first-order valence-electron chi connectivity index (χ1n) is 7.01. The van der Waals surface area contributed by atoms with Crippen molar-refractivity contribution in [3.8, 4) is 0 Å². The van der Waals surface area contributed by atoms with Crippen molar-refractivity contribution < 1.29 is 19.4 Å². The molecule has 0 radical (unpaired) electrons. The van der Waals surface area contributed by atoms with E-state index in [1.54, 1.807) is 0 Å². The summed E-state index contributed by atoms with van der Waals surface area (Å²) in [5, 5.41) is 18.3. The first-order chi connectivity index (χ1) is 8.51. The molecule has 0 saturated carbocycles. The molecule has 0 rings (SSSR count). The summed E-state index contributed by atoms with van der Waals surface area (Å²) in [5.41, 5.74) is 0. The molecule has 2 N–H and O–H groups in total. The predicted octanol–water partition coefficient (Wildman–Crippen LogP) is 3.26. The molecular weight excluding hydrogens is 260 g/mol. The van der Waals surface area contributed by atoms with E-state index in [9.17, 15) is 9.90 Å². The second kappa shape index (κ2) is 7.41. The number of hydrogen-bond donors (Lipinski definition) is 2. The number of carboxylic acids is 1. The molecule has 0 spiro atoms. The van der Waals surface area contributed by atoms with E-state index in [4.69, 9.17) is 9.53 Å². The average Bonchev–Trinajstić information content (AvgIpc) is 2.23. The van der Waals surface area contributed by atoms with Gasteiger partial charge in [-0.2, -0.15) is 0 Å². The summed E-state index contributed by atoms with van der Waals surface area (Å²) in [5.74, 6) is -0.587. The molecule has 0 aromatic carbocycles. The third-order valence-corrected chi connectivity index (χ3v) is 8.62. The highest BCUT2D eigenvalue weighted by atomic mass is 28.4. The van der Waals surface area contributed by atoms with E-state index < -0.39 is 14.3 Å². The van der Waals surface area contributed by atoms with Gasteiger partial charge in [0, 0.05) is 6.42 Å². The molecule has 0 aliphatic rings. The Balaban J connectivity index is 4.45. The first-order valence-corrected chi connectivity index (χ1v) is 9.92. The minimum absolute atomic E-state index is 0.000742. The maximum Gasteiger partial charge on any atom is 0.303 e. The van der Waals surface area contributed by atoms with Gasteiger partial charge in [0.2, 0.25) is 0 Å². The van der Waals surface area contributed by atoms with E-state index in [2.05, 4.69) is 33.9 Å². The maximum absolute atomic E-state index is 10.5. The Bertz CT molecular complexity index is 284. The van der Waals surface area contributed by atoms with Gasteiger partial charge in [-0.3, -0.25) is 4.79 Å². The molecule has 0 fully saturated rings. The van der Waals surface area contributed by atoms with Crippen molar-refractivity contribution in [1.29, 1.82) is 0 Å². The van der Waals surface area contributed by atoms with E-state index in [0.29, 0.717) is 6.42 Å². The summed E-state index contributed by atoms with van der Waals surface area (Å²) in [7, 11) is -1.89. The Hall–Kier alpha value is -0.393. The molecule has 0 aromatic rings. The third-order valence-electron chi connectivity index (χ3n) is 4.12. The van der Waals surface area contributed by atoms with Crippen molar-refractivity contribution in [1.82, 2.24) is 0 Å². The minimum atomic E-state index is -1.89. The number of aliphatic hydroxyl groups is 1. The van der Waals surface area contributed by atoms with Gasteiger partial charge in [-0.05, 0) is 36.9 Å². The van der Waals surface area contributed by atoms with Crippen molar-refractivity contribution in [3.05, 3.63) is 0 Å². The van der Waals surface area contributed by atoms with E-state index >= 15 is 0 Å². The minimum Gasteiger partial charge on any atom is -0.481 e. The van der Waals surface area contributed by atoms with E-state index in [1.165, 1.54) is 0 Å². The van der Waals surface area contributed by atoms with Crippen molar-refractivity contribution in [3.63, 3.8) is 0 Å². The van der Waals surface area contributed by atoms with Crippen molar-refractivity contribution >= 4 is 14.3 Å². The van der Waals surface area contributed by atoms with Gasteiger partial charge in [0.25, 0.3) is 0 Å². The van der Waals surface area contributed by atoms with Crippen LogP contribution in [0, 0.1) is 5.92 Å². The van der Waals surface area contributed by atoms with Crippen molar-refractivity contribution in [2.24, 2.45) is 5.92 Å². The fourth-order valence-corrected chi connectivity index (χ4v) is 3.07. The monoisotopic (exact) mass is 290 g/mol. The Morgan fingerprint density at radius 1 is 1.32 bits per heavy atom. The number of carbonyl (C=O) groups is 1. The lowest BCUT2D eigenvalue weighted by molar-refractivity contribution is -0.137. The van der Waals surface area contributed by atoms with E-state index in [-0.39, 0.29) is 30.1 Å². The van der Waals surface area contributed by atoms with Crippen LogP contribution < -0.4 is 0 Å². The van der Waals surface area contributed by atoms with Crippen LogP contribution in [0.15, 0.2) is 0 Å². The van der Waals surface area contributed by atoms with Gasteiger partial charge < -0.3 is 14.6 Å². The van der Waals surface area contributed by atoms with Crippen LogP contribution in [-0.4, -0.2) is 37.2 Å². The van der Waals surface area contributed by atoms with E-state index in [1.807, 2.05) is 6.92 Å². The summed E-state index contributed by atoms with van der Waals surface area (Å²) < 4.78 is 6.21. The van der Waals surface area contributed by atoms with Crippen LogP contribution in [0.3, 0.4) is 0 Å². The standard InChI is InChI=1S/C14H30O4Si/c1-11(8-7-9-13(16)17)12(10-15)18-19(5,6)14(2,3)4/h11-12,15H,7-10H2,1-6H3,(H,16,17)/t11-,12-/m1/s1. The lowest BCUT2D eigenvalue weighted by Gasteiger charge is -2.40. The van der Waals surface area contributed by atoms with Crippen LogP contribution in [0.5, 0.6) is 0 Å². The molecular formula is C14H30O4Si. The summed E-state index contributed by atoms with van der Waals surface area (Å²) in [6.45, 7) is 12.9. The fourth-order valence-electron chi connectivity index (χ4n) is 1.65. The second-order valence-corrected chi connectivity index (χ2v) is 11.6. The van der Waals surface area contributed by atoms with Crippen LogP contribution in [0.2, 0.25) is 18.1 Å². The number of hydrogen-bond acceptors (Lipinski definition) is 3. The highest BCUT2D eigenvalue weighted by molar-refractivity contribution is 6.74. The number of aliphatic hydroxyl groups excluding tert-OH is 1. The van der Waals surface area contributed by atoms with Crippen LogP contribution in [-0.2, 0) is 9.22 Å². The number of rotatable bonds is 8. The molecule has 0 unspecified atom stereocenters. The molecule has 0 aliphatic heterocycles. The van der Waals surface area contributed by atoms with Gasteiger partial charge in [-0.25, -0.2) is 0 Å². The fraction of sp³-hybridized carbons (Fsp3) is 0.929. The lowest BCUT2D eigenvalue weighted by Crippen LogP contribution is -2.46. The zero-order valence-electron chi connectivity index (χ0n) is 13.2. The van der Waals surface area contributed by atoms with Gasteiger partial charge in [0.15, 0.2) is 8.32 Å². The summed E-state index contributed by atoms with van der Waals surface area (Å²) >= 11 is 0. The normalized spacial score (nSPS) is 16.2. The topological polar surface area (TPSA) is 66.8 Å². The SMILES string of the molecule is C[C@H](CCCC(=O)O)[C@@H](CO)O[Si](C)(C)C(C)(C)C. The van der Waals surface area contributed by atoms with Crippen LogP contribution in [0.25, 0.3) is 0 Å². The van der Waals surface area contributed by atoms with Crippen molar-refractivity contribution in [2.45, 2.75) is 71.2 Å². The lowest BCUT2D eigenvalue weighted by atomic mass is 9.98. The Morgan fingerprint density at radius 3 is 2.21 bits per heavy atom. The largest absolute Gasteiger partial charge is 0.481 e. The van der Waals surface area contributed by atoms with Crippen molar-refractivity contribution in [2.75, 3.05) is 6.61 Å². The quantitative estimate of drug-likeness (QED) is 0.673. The van der Waals surface area contributed by atoms with Gasteiger partial charge in [-0.1, -0.05) is 27.7 Å². The zero-order valence-corrected chi connectivity index (χ0v) is 14.2. The predicted molar refractivity (Wildman–Crippen MR) is 79.8 cm³/mol. The number of aliphatic carboxylic acids is 1. The van der Waals surface area contributed by atoms with Gasteiger partial charge in [-0.15, -0.1) is 0 Å². The first kappa shape index (κ1) is 18.6. The molecule has 5 heteroatoms. The second-order valence-electron chi connectivity index (χ2n) is 6.86. The van der Waals surface area contributed by atoms with Crippen LogP contribution >= 0.6 is 0 Å². The Morgan fingerprint density at radius 2 is 1.84 bits per heavy atom. The molecule has 0 heterocycles. The molecule has 0 bridgehead atoms. The number of carboxylic acid groups (broad SMARTS) is 1. The zero-order chi connectivity index (χ0) is 15.3. The Kier molecular flexibility index (Phi) is 7.25. The summed E-state index contributed by atoms with van der Waals surface area (Å²) in [6, 6.07) is 0. The van der Waals surface area contributed by atoms with Gasteiger partial charge >= 0.3 is 5.97 Å². The van der Waals surface area contributed by atoms with Crippen LogP contribution in [0.1, 0.15) is 47.0 Å². The smallest absolute Gasteiger partial charge is 0.303 e. The van der Waals surface area contributed by atoms with E-state index in [0.717, 1.165) is 6.42 Å². The van der Waals surface area contributed by atoms with Gasteiger partial charge in [0.05, 0.1) is 12.7 Å². The molecule has 0 amide bonds. The molecule has 0 aromatic heterocycles. The summed E-state index contributed by atoms with van der Waals surface area (Å²) in [4.78, 5) is 10.5. The molecule has 2 atom stereocenters.